The fraction of sp³-hybridized carbons (Fsp3) is 0.591. The van der Waals surface area contributed by atoms with Gasteiger partial charge in [-0.2, -0.15) is 0 Å². The molecule has 1 heterocycles. The number of nitrogens with zero attached hydrogens (tertiary/aromatic N) is 1. The van der Waals surface area contributed by atoms with Gasteiger partial charge in [0.15, 0.2) is 0 Å². The Bertz CT molecular complexity index is 853. The van der Waals surface area contributed by atoms with Crippen molar-refractivity contribution in [3.05, 3.63) is 28.2 Å². The molecule has 4 atom stereocenters. The molecule has 5 rings (SSSR count). The molecule has 3 aliphatic carbocycles. The van der Waals surface area contributed by atoms with Crippen LogP contribution >= 0.6 is 23.2 Å². The van der Waals surface area contributed by atoms with E-state index < -0.39 is 0 Å². The Labute approximate surface area is 180 Å². The summed E-state index contributed by atoms with van der Waals surface area (Å²) >= 11 is 11.9. The molecule has 1 saturated heterocycles. The largest absolute Gasteiger partial charge is 0.326 e. The molecular weight excluding hydrogens is 411 g/mol. The zero-order valence-corrected chi connectivity index (χ0v) is 17.6. The van der Waals surface area contributed by atoms with E-state index in [1.54, 1.807) is 23.1 Å². The number of halogens is 2. The topological polar surface area (TPSA) is 66.5 Å². The maximum atomic E-state index is 13.0. The smallest absolute Gasteiger partial charge is 0.233 e. The Hall–Kier alpha value is -1.59. The number of likely N-dealkylation sites (tertiary alicyclic amines) is 1. The lowest BCUT2D eigenvalue weighted by Crippen LogP contribution is -2.44. The first-order valence-corrected chi connectivity index (χ1v) is 11.3. The lowest BCUT2D eigenvalue weighted by atomic mass is 9.81. The van der Waals surface area contributed by atoms with Crippen molar-refractivity contribution in [2.45, 2.75) is 51.0 Å². The second-order valence-corrected chi connectivity index (χ2v) is 9.87. The quantitative estimate of drug-likeness (QED) is 0.710. The Morgan fingerprint density at radius 2 is 1.52 bits per heavy atom. The third-order valence-corrected chi connectivity index (χ3v) is 8.32. The van der Waals surface area contributed by atoms with Crippen LogP contribution in [0.15, 0.2) is 18.2 Å². The van der Waals surface area contributed by atoms with Crippen LogP contribution in [0.1, 0.15) is 44.9 Å². The molecule has 1 N–H and O–H groups in total. The van der Waals surface area contributed by atoms with Crippen LogP contribution in [0.2, 0.25) is 10.0 Å². The number of imide groups is 1. The second-order valence-electron chi connectivity index (χ2n) is 9.05. The van der Waals surface area contributed by atoms with Crippen LogP contribution in [0.25, 0.3) is 0 Å². The summed E-state index contributed by atoms with van der Waals surface area (Å²) in [6.07, 6.45) is 6.01. The number of hydrogen-bond donors (Lipinski definition) is 1. The van der Waals surface area contributed by atoms with Gasteiger partial charge in [-0.05, 0) is 75.0 Å². The summed E-state index contributed by atoms with van der Waals surface area (Å²) in [4.78, 5) is 40.2. The molecule has 1 aliphatic heterocycles. The van der Waals surface area contributed by atoms with Crippen LogP contribution in [0.5, 0.6) is 0 Å². The number of nitrogens with one attached hydrogen (secondary N) is 1. The number of carbonyl (C=O) groups is 3. The lowest BCUT2D eigenvalue weighted by Gasteiger charge is -2.33. The minimum absolute atomic E-state index is 0.0455. The molecule has 1 aromatic carbocycles. The van der Waals surface area contributed by atoms with E-state index in [-0.39, 0.29) is 41.5 Å². The Morgan fingerprint density at radius 3 is 2.10 bits per heavy atom. The molecule has 29 heavy (non-hydrogen) atoms. The highest BCUT2D eigenvalue weighted by Crippen LogP contribution is 2.56. The van der Waals surface area contributed by atoms with Crippen LogP contribution in [-0.2, 0) is 14.4 Å². The van der Waals surface area contributed by atoms with E-state index in [1.165, 1.54) is 0 Å². The molecule has 1 aromatic rings. The van der Waals surface area contributed by atoms with E-state index in [9.17, 15) is 14.4 Å². The van der Waals surface area contributed by atoms with Crippen molar-refractivity contribution in [2.75, 3.05) is 5.32 Å². The summed E-state index contributed by atoms with van der Waals surface area (Å²) in [7, 11) is 0. The summed E-state index contributed by atoms with van der Waals surface area (Å²) in [5, 5.41) is 3.75. The van der Waals surface area contributed by atoms with E-state index >= 15 is 0 Å². The molecule has 0 spiro atoms. The van der Waals surface area contributed by atoms with Gasteiger partial charge in [0, 0.05) is 17.6 Å². The Kier molecular flexibility index (Phi) is 4.86. The number of carbonyl (C=O) groups excluding carboxylic acids is 3. The first-order valence-electron chi connectivity index (χ1n) is 10.6. The fourth-order valence-corrected chi connectivity index (χ4v) is 6.50. The average molecular weight is 435 g/mol. The van der Waals surface area contributed by atoms with Gasteiger partial charge in [-0.15, -0.1) is 0 Å². The molecule has 7 heteroatoms. The summed E-state index contributed by atoms with van der Waals surface area (Å²) in [6, 6.07) is 4.98. The third kappa shape index (κ3) is 3.17. The van der Waals surface area contributed by atoms with E-state index in [4.69, 9.17) is 23.2 Å². The first kappa shape index (κ1) is 19.4. The molecule has 154 valence electrons. The van der Waals surface area contributed by atoms with E-state index in [0.29, 0.717) is 53.3 Å². The molecule has 4 aliphatic rings. The second kappa shape index (κ2) is 7.28. The maximum absolute atomic E-state index is 13.0. The van der Waals surface area contributed by atoms with Gasteiger partial charge in [-0.1, -0.05) is 23.2 Å². The zero-order chi connectivity index (χ0) is 20.3. The lowest BCUT2D eigenvalue weighted by molar-refractivity contribution is -0.144. The van der Waals surface area contributed by atoms with Gasteiger partial charge in [0.2, 0.25) is 17.7 Å². The molecular formula is C22H24Cl2N2O3. The number of benzene rings is 1. The van der Waals surface area contributed by atoms with Gasteiger partial charge < -0.3 is 5.32 Å². The summed E-state index contributed by atoms with van der Waals surface area (Å²) in [6.45, 7) is 0. The van der Waals surface area contributed by atoms with Crippen molar-refractivity contribution < 1.29 is 14.4 Å². The minimum atomic E-state index is -0.121. The molecule has 2 bridgehead atoms. The highest BCUT2D eigenvalue weighted by Gasteiger charge is 2.61. The standard InChI is InChI=1S/C22H24Cl2N2O3/c23-16-8-5-14(10-17(16)24)25-20(27)11-3-6-15(7-4-11)26-21(28)18-12-1-2-13(9-12)19(18)22(26)29/h5,8,10-13,15,18-19H,1-4,6-7,9H2,(H,25,27)/t11?,12-,13+,15?,18-,19-/m0/s1. The van der Waals surface area contributed by atoms with Crippen molar-refractivity contribution in [3.8, 4) is 0 Å². The van der Waals surface area contributed by atoms with E-state index in [1.807, 2.05) is 0 Å². The SMILES string of the molecule is O=C(Nc1ccc(Cl)c(Cl)c1)C1CCC(N2C(=O)[C@H]3[C@@H]4CC[C@@H](C4)[C@@H]3C2=O)CC1. The fourth-order valence-electron chi connectivity index (χ4n) is 6.21. The van der Waals surface area contributed by atoms with Crippen molar-refractivity contribution in [3.63, 3.8) is 0 Å². The molecule has 3 saturated carbocycles. The number of rotatable bonds is 3. The van der Waals surface area contributed by atoms with Crippen LogP contribution in [0, 0.1) is 29.6 Å². The van der Waals surface area contributed by atoms with Gasteiger partial charge in [0.05, 0.1) is 21.9 Å². The number of anilines is 1. The van der Waals surface area contributed by atoms with Gasteiger partial charge in [0.1, 0.15) is 0 Å². The Balaban J connectivity index is 1.20. The van der Waals surface area contributed by atoms with E-state index in [0.717, 1.165) is 19.3 Å². The minimum Gasteiger partial charge on any atom is -0.326 e. The Morgan fingerprint density at radius 1 is 0.897 bits per heavy atom. The van der Waals surface area contributed by atoms with Crippen molar-refractivity contribution in [1.29, 1.82) is 0 Å². The highest BCUT2D eigenvalue weighted by molar-refractivity contribution is 6.42. The molecule has 4 fully saturated rings. The zero-order valence-electron chi connectivity index (χ0n) is 16.1. The van der Waals surface area contributed by atoms with E-state index in [2.05, 4.69) is 5.32 Å². The van der Waals surface area contributed by atoms with Gasteiger partial charge in [0.25, 0.3) is 0 Å². The number of fused-ring (bicyclic) bond motifs is 5. The predicted octanol–water partition coefficient (Wildman–Crippen LogP) is 4.52. The number of amides is 3. The summed E-state index contributed by atoms with van der Waals surface area (Å²) in [5.41, 5.74) is 0.625. The van der Waals surface area contributed by atoms with Crippen LogP contribution in [-0.4, -0.2) is 28.7 Å². The number of hydrogen-bond acceptors (Lipinski definition) is 3. The first-order chi connectivity index (χ1) is 13.9. The van der Waals surface area contributed by atoms with Crippen LogP contribution in [0.4, 0.5) is 5.69 Å². The third-order valence-electron chi connectivity index (χ3n) is 7.58. The van der Waals surface area contributed by atoms with Crippen LogP contribution in [0.3, 0.4) is 0 Å². The molecule has 0 radical (unpaired) electrons. The monoisotopic (exact) mass is 434 g/mol. The molecule has 0 unspecified atom stereocenters. The molecule has 0 aromatic heterocycles. The van der Waals surface area contributed by atoms with Crippen molar-refractivity contribution >= 4 is 46.6 Å². The summed E-state index contributed by atoms with van der Waals surface area (Å²) in [5.74, 6) is 0.681. The predicted molar refractivity (Wildman–Crippen MR) is 111 cm³/mol. The maximum Gasteiger partial charge on any atom is 0.233 e. The van der Waals surface area contributed by atoms with Gasteiger partial charge in [-0.25, -0.2) is 0 Å². The van der Waals surface area contributed by atoms with Crippen molar-refractivity contribution in [2.24, 2.45) is 29.6 Å². The van der Waals surface area contributed by atoms with Gasteiger partial charge in [-0.3, -0.25) is 19.3 Å². The molecule has 3 amide bonds. The molecule has 5 nitrogen and oxygen atoms in total. The van der Waals surface area contributed by atoms with Crippen LogP contribution < -0.4 is 5.32 Å². The normalized spacial score (nSPS) is 35.9. The summed E-state index contributed by atoms with van der Waals surface area (Å²) < 4.78 is 0. The van der Waals surface area contributed by atoms with Gasteiger partial charge >= 0.3 is 0 Å². The van der Waals surface area contributed by atoms with Crippen molar-refractivity contribution in [1.82, 2.24) is 4.90 Å². The average Bonchev–Trinajstić information content (AvgIpc) is 3.39. The highest BCUT2D eigenvalue weighted by atomic mass is 35.5.